The zero-order chi connectivity index (χ0) is 18.9. The Hall–Kier alpha value is -2.92. The van der Waals surface area contributed by atoms with Crippen molar-refractivity contribution in [3.8, 4) is 5.75 Å². The zero-order valence-electron chi connectivity index (χ0n) is 14.5. The summed E-state index contributed by atoms with van der Waals surface area (Å²) in [5, 5.41) is 11.9. The van der Waals surface area contributed by atoms with Gasteiger partial charge in [-0.3, -0.25) is 4.79 Å². The Balaban J connectivity index is 2.13. The van der Waals surface area contributed by atoms with Crippen molar-refractivity contribution in [1.82, 2.24) is 0 Å². The number of thiocarbonyl (C=S) groups is 1. The van der Waals surface area contributed by atoms with Crippen molar-refractivity contribution < 1.29 is 14.6 Å². The third-order valence-corrected chi connectivity index (χ3v) is 5.03. The van der Waals surface area contributed by atoms with Crippen LogP contribution in [-0.4, -0.2) is 23.2 Å². The summed E-state index contributed by atoms with van der Waals surface area (Å²) in [5.74, 6) is -0.159. The molecular weight excluding hydrogens is 346 g/mol. The van der Waals surface area contributed by atoms with Gasteiger partial charge in [0.15, 0.2) is 0 Å². The lowest BCUT2D eigenvalue weighted by molar-refractivity contribution is -0.141. The fourth-order valence-corrected chi connectivity index (χ4v) is 3.18. The van der Waals surface area contributed by atoms with Crippen LogP contribution in [-0.2, 0) is 10.2 Å². The summed E-state index contributed by atoms with van der Waals surface area (Å²) >= 11 is 4.97. The number of fused-ring (bicyclic) bond motifs is 1. The minimum absolute atomic E-state index is 0.285. The van der Waals surface area contributed by atoms with Crippen molar-refractivity contribution in [3.05, 3.63) is 77.4 Å². The van der Waals surface area contributed by atoms with E-state index in [1.165, 1.54) is 0 Å². The van der Waals surface area contributed by atoms with Gasteiger partial charge in [-0.05, 0) is 47.0 Å². The minimum atomic E-state index is -1.19. The molecule has 4 nitrogen and oxygen atoms in total. The predicted octanol–water partition coefficient (Wildman–Crippen LogP) is 3.87. The van der Waals surface area contributed by atoms with Gasteiger partial charge in [-0.25, -0.2) is 0 Å². The van der Waals surface area contributed by atoms with Gasteiger partial charge in [0, 0.05) is 5.56 Å². The summed E-state index contributed by atoms with van der Waals surface area (Å²) in [6, 6.07) is 18.4. The number of ether oxygens (including phenoxy) is 1. The third-order valence-electron chi connectivity index (χ3n) is 4.80. The van der Waals surface area contributed by atoms with Crippen LogP contribution < -0.4 is 10.5 Å². The van der Waals surface area contributed by atoms with Gasteiger partial charge < -0.3 is 15.6 Å². The molecule has 0 aromatic heterocycles. The highest BCUT2D eigenvalue weighted by molar-refractivity contribution is 7.80. The first kappa shape index (κ1) is 17.9. The molecule has 0 radical (unpaired) electrons. The molecule has 0 aliphatic rings. The molecule has 0 spiro atoms. The van der Waals surface area contributed by atoms with Crippen molar-refractivity contribution in [2.24, 2.45) is 5.73 Å². The highest BCUT2D eigenvalue weighted by atomic mass is 32.1. The van der Waals surface area contributed by atoms with E-state index in [2.05, 4.69) is 0 Å². The molecular formula is C21H19NO3S. The number of carbonyl (C=O) groups is 1. The highest BCUT2D eigenvalue weighted by Gasteiger charge is 2.37. The first-order valence-corrected chi connectivity index (χ1v) is 8.49. The van der Waals surface area contributed by atoms with E-state index in [0.717, 1.165) is 16.5 Å². The standard InChI is InChI=1S/C21H19NO3S/c1-21(20(23)24,16-7-3-13(4-8-16)19(22)26)17-9-5-15-12-18(25-2)10-6-14(15)11-17/h3-12H,1-2H3,(H2,22,26)(H,23,24). The average molecular weight is 365 g/mol. The van der Waals surface area contributed by atoms with E-state index >= 15 is 0 Å². The Morgan fingerprint density at radius 2 is 1.58 bits per heavy atom. The zero-order valence-corrected chi connectivity index (χ0v) is 15.3. The van der Waals surface area contributed by atoms with E-state index in [9.17, 15) is 9.90 Å². The van der Waals surface area contributed by atoms with Crippen LogP contribution in [0.15, 0.2) is 60.7 Å². The van der Waals surface area contributed by atoms with Gasteiger partial charge in [0.05, 0.1) is 7.11 Å². The van der Waals surface area contributed by atoms with E-state index in [1.807, 2.05) is 36.4 Å². The van der Waals surface area contributed by atoms with Crippen LogP contribution in [0.2, 0.25) is 0 Å². The SMILES string of the molecule is COc1ccc2cc(C(C)(C(=O)O)c3ccc(C(N)=S)cc3)ccc2c1. The molecule has 0 aliphatic heterocycles. The molecule has 132 valence electrons. The first-order chi connectivity index (χ1) is 12.4. The molecule has 1 atom stereocenters. The van der Waals surface area contributed by atoms with E-state index in [4.69, 9.17) is 22.7 Å². The second kappa shape index (κ2) is 6.77. The summed E-state index contributed by atoms with van der Waals surface area (Å²) in [6.07, 6.45) is 0. The molecule has 3 aromatic rings. The second-order valence-corrected chi connectivity index (χ2v) is 6.74. The molecule has 3 rings (SSSR count). The molecule has 0 amide bonds. The van der Waals surface area contributed by atoms with E-state index in [1.54, 1.807) is 38.3 Å². The van der Waals surface area contributed by atoms with Crippen LogP contribution in [0.4, 0.5) is 0 Å². The molecule has 0 aliphatic carbocycles. The van der Waals surface area contributed by atoms with Gasteiger partial charge in [-0.2, -0.15) is 0 Å². The van der Waals surface area contributed by atoms with Crippen molar-refractivity contribution in [3.63, 3.8) is 0 Å². The number of nitrogens with two attached hydrogens (primary N) is 1. The third kappa shape index (κ3) is 3.02. The largest absolute Gasteiger partial charge is 0.497 e. The van der Waals surface area contributed by atoms with Crippen LogP contribution >= 0.6 is 12.2 Å². The summed E-state index contributed by atoms with van der Waals surface area (Å²) < 4.78 is 5.24. The maximum Gasteiger partial charge on any atom is 0.318 e. The van der Waals surface area contributed by atoms with Crippen molar-refractivity contribution >= 4 is 33.9 Å². The lowest BCUT2D eigenvalue weighted by Gasteiger charge is -2.26. The molecule has 3 aromatic carbocycles. The summed E-state index contributed by atoms with van der Waals surface area (Å²) in [6.45, 7) is 1.70. The van der Waals surface area contributed by atoms with Gasteiger partial charge in [-0.1, -0.05) is 54.7 Å². The normalized spacial score (nSPS) is 13.2. The second-order valence-electron chi connectivity index (χ2n) is 6.30. The van der Waals surface area contributed by atoms with Gasteiger partial charge >= 0.3 is 5.97 Å². The number of carboxylic acid groups (broad SMARTS) is 1. The van der Waals surface area contributed by atoms with Crippen molar-refractivity contribution in [1.29, 1.82) is 0 Å². The number of hydrogen-bond donors (Lipinski definition) is 2. The van der Waals surface area contributed by atoms with E-state index < -0.39 is 11.4 Å². The Labute approximate surface area is 157 Å². The Bertz CT molecular complexity index is 998. The fraction of sp³-hybridized carbons (Fsp3) is 0.143. The van der Waals surface area contributed by atoms with Crippen molar-refractivity contribution in [2.45, 2.75) is 12.3 Å². The lowest BCUT2D eigenvalue weighted by atomic mass is 9.75. The van der Waals surface area contributed by atoms with Crippen LogP contribution in [0.5, 0.6) is 5.75 Å². The topological polar surface area (TPSA) is 72.5 Å². The molecule has 3 N–H and O–H groups in total. The van der Waals surface area contributed by atoms with Crippen molar-refractivity contribution in [2.75, 3.05) is 7.11 Å². The fourth-order valence-electron chi connectivity index (χ4n) is 3.04. The van der Waals surface area contributed by atoms with E-state index in [0.29, 0.717) is 16.7 Å². The Morgan fingerprint density at radius 3 is 2.15 bits per heavy atom. The first-order valence-electron chi connectivity index (χ1n) is 8.08. The molecule has 5 heteroatoms. The Kier molecular flexibility index (Phi) is 4.66. The maximum atomic E-state index is 12.2. The molecule has 0 saturated heterocycles. The number of hydrogen-bond acceptors (Lipinski definition) is 3. The van der Waals surface area contributed by atoms with Crippen LogP contribution in [0.1, 0.15) is 23.6 Å². The van der Waals surface area contributed by atoms with Crippen LogP contribution in [0, 0.1) is 0 Å². The quantitative estimate of drug-likeness (QED) is 0.672. The summed E-state index contributed by atoms with van der Waals surface area (Å²) in [5.41, 5.74) is 6.52. The van der Waals surface area contributed by atoms with Gasteiger partial charge in [-0.15, -0.1) is 0 Å². The molecule has 26 heavy (non-hydrogen) atoms. The van der Waals surface area contributed by atoms with Gasteiger partial charge in [0.2, 0.25) is 0 Å². The summed E-state index contributed by atoms with van der Waals surface area (Å²) in [7, 11) is 1.62. The molecule has 1 unspecified atom stereocenters. The molecule has 0 fully saturated rings. The minimum Gasteiger partial charge on any atom is -0.497 e. The monoisotopic (exact) mass is 365 g/mol. The number of aliphatic carboxylic acids is 1. The number of rotatable bonds is 5. The molecule has 0 saturated carbocycles. The summed E-state index contributed by atoms with van der Waals surface area (Å²) in [4.78, 5) is 12.5. The lowest BCUT2D eigenvalue weighted by Crippen LogP contribution is -2.33. The number of methoxy groups -OCH3 is 1. The maximum absolute atomic E-state index is 12.2. The number of carboxylic acids is 1. The molecule has 0 heterocycles. The van der Waals surface area contributed by atoms with Crippen LogP contribution in [0.25, 0.3) is 10.8 Å². The number of benzene rings is 3. The van der Waals surface area contributed by atoms with Gasteiger partial charge in [0.25, 0.3) is 0 Å². The predicted molar refractivity (Wildman–Crippen MR) is 107 cm³/mol. The smallest absolute Gasteiger partial charge is 0.318 e. The average Bonchev–Trinajstić information content (AvgIpc) is 2.66. The van der Waals surface area contributed by atoms with Gasteiger partial charge in [0.1, 0.15) is 16.2 Å². The van der Waals surface area contributed by atoms with E-state index in [-0.39, 0.29) is 4.99 Å². The highest BCUT2D eigenvalue weighted by Crippen LogP contribution is 2.35. The molecule has 0 bridgehead atoms. The van der Waals surface area contributed by atoms with Crippen LogP contribution in [0.3, 0.4) is 0 Å². The Morgan fingerprint density at radius 1 is 1.00 bits per heavy atom.